The first-order valence-electron chi connectivity index (χ1n) is 9.69. The van der Waals surface area contributed by atoms with Crippen LogP contribution in [0.25, 0.3) is 0 Å². The minimum absolute atomic E-state index is 0.123. The highest BCUT2D eigenvalue weighted by Crippen LogP contribution is 2.32. The van der Waals surface area contributed by atoms with E-state index in [2.05, 4.69) is 15.5 Å². The lowest BCUT2D eigenvalue weighted by Crippen LogP contribution is -2.31. The number of sulfonamides is 1. The number of amides is 1. The van der Waals surface area contributed by atoms with E-state index in [0.717, 1.165) is 31.6 Å². The van der Waals surface area contributed by atoms with Crippen molar-refractivity contribution in [3.05, 3.63) is 18.2 Å². The van der Waals surface area contributed by atoms with Crippen molar-refractivity contribution in [2.45, 2.75) is 38.5 Å². The lowest BCUT2D eigenvalue weighted by atomic mass is 10.1. The fourth-order valence-electron chi connectivity index (χ4n) is 3.38. The number of nitrogens with one attached hydrogen (secondary N) is 2. The van der Waals surface area contributed by atoms with E-state index in [0.29, 0.717) is 25.3 Å². The van der Waals surface area contributed by atoms with E-state index in [1.165, 1.54) is 4.31 Å². The van der Waals surface area contributed by atoms with Crippen LogP contribution in [0.1, 0.15) is 33.6 Å². The third-order valence-electron chi connectivity index (χ3n) is 4.97. The second-order valence-corrected chi connectivity index (χ2v) is 8.85. The van der Waals surface area contributed by atoms with Gasteiger partial charge in [0.25, 0.3) is 0 Å². The highest BCUT2D eigenvalue weighted by atomic mass is 32.2. The summed E-state index contributed by atoms with van der Waals surface area (Å²) in [6.07, 6.45) is 2.20. The number of carbonyl (C=O) groups is 1. The monoisotopic (exact) mass is 396 g/mol. The molecule has 27 heavy (non-hydrogen) atoms. The number of nitrogens with zero attached hydrogens (tertiary/aromatic N) is 2. The van der Waals surface area contributed by atoms with Crippen LogP contribution in [-0.2, 0) is 14.8 Å². The molecule has 1 aromatic rings. The van der Waals surface area contributed by atoms with E-state index >= 15 is 0 Å². The Morgan fingerprint density at radius 2 is 1.85 bits per heavy atom. The molecular weight excluding hydrogens is 364 g/mol. The largest absolute Gasteiger partial charge is 0.370 e. The molecule has 1 aliphatic rings. The maximum atomic E-state index is 12.9. The summed E-state index contributed by atoms with van der Waals surface area (Å²) in [6, 6.07) is 5.07. The lowest BCUT2D eigenvalue weighted by molar-refractivity contribution is -0.119. The number of rotatable bonds is 9. The Balaban J connectivity index is 2.41. The third-order valence-corrected chi connectivity index (χ3v) is 7.02. The van der Waals surface area contributed by atoms with Gasteiger partial charge in [0.1, 0.15) is 0 Å². The van der Waals surface area contributed by atoms with Gasteiger partial charge in [-0.3, -0.25) is 4.79 Å². The zero-order valence-electron chi connectivity index (χ0n) is 16.8. The molecule has 1 aromatic carbocycles. The van der Waals surface area contributed by atoms with E-state index < -0.39 is 10.0 Å². The average molecular weight is 397 g/mol. The van der Waals surface area contributed by atoms with Gasteiger partial charge in [-0.05, 0) is 38.1 Å². The predicted octanol–water partition coefficient (Wildman–Crippen LogP) is 2.11. The number of benzene rings is 1. The van der Waals surface area contributed by atoms with Crippen LogP contribution in [0.4, 0.5) is 11.4 Å². The zero-order valence-corrected chi connectivity index (χ0v) is 17.6. The van der Waals surface area contributed by atoms with Gasteiger partial charge in [0.2, 0.25) is 15.9 Å². The average Bonchev–Trinajstić information content (AvgIpc) is 3.17. The topological polar surface area (TPSA) is 81.8 Å². The van der Waals surface area contributed by atoms with E-state index in [1.807, 2.05) is 26.8 Å². The molecule has 1 amide bonds. The Morgan fingerprint density at radius 3 is 2.41 bits per heavy atom. The summed E-state index contributed by atoms with van der Waals surface area (Å²) in [5, 5.41) is 5.95. The molecule has 2 rings (SSSR count). The van der Waals surface area contributed by atoms with Crippen molar-refractivity contribution in [2.75, 3.05) is 50.0 Å². The Morgan fingerprint density at radius 1 is 1.22 bits per heavy atom. The molecule has 7 nitrogen and oxygen atoms in total. The first-order valence-corrected chi connectivity index (χ1v) is 11.1. The minimum Gasteiger partial charge on any atom is -0.370 e. The molecular formula is C19H32N4O3S. The highest BCUT2D eigenvalue weighted by molar-refractivity contribution is 7.89. The van der Waals surface area contributed by atoms with Gasteiger partial charge in [-0.1, -0.05) is 20.8 Å². The van der Waals surface area contributed by atoms with Crippen molar-refractivity contribution in [3.63, 3.8) is 0 Å². The summed E-state index contributed by atoms with van der Waals surface area (Å²) in [5.41, 5.74) is 1.45. The SMILES string of the molecule is CCN(CC)S(=O)(=O)c1ccc(N2CCCC2)c(NC(=O)C(C)CNC)c1. The van der Waals surface area contributed by atoms with Gasteiger partial charge in [0, 0.05) is 38.6 Å². The maximum Gasteiger partial charge on any atom is 0.243 e. The Labute approximate surface area is 163 Å². The normalized spacial score (nSPS) is 16.0. The van der Waals surface area contributed by atoms with Crippen molar-refractivity contribution < 1.29 is 13.2 Å². The quantitative estimate of drug-likeness (QED) is 0.668. The molecule has 1 atom stereocenters. The highest BCUT2D eigenvalue weighted by Gasteiger charge is 2.25. The van der Waals surface area contributed by atoms with Crippen molar-refractivity contribution in [1.82, 2.24) is 9.62 Å². The Hall–Kier alpha value is -1.64. The van der Waals surface area contributed by atoms with Crippen LogP contribution < -0.4 is 15.5 Å². The fraction of sp³-hybridized carbons (Fsp3) is 0.632. The molecule has 152 valence electrons. The molecule has 1 heterocycles. The number of hydrogen-bond acceptors (Lipinski definition) is 5. The smallest absolute Gasteiger partial charge is 0.243 e. The van der Waals surface area contributed by atoms with Crippen LogP contribution in [0.5, 0.6) is 0 Å². The van der Waals surface area contributed by atoms with Gasteiger partial charge in [-0.25, -0.2) is 8.42 Å². The van der Waals surface area contributed by atoms with Gasteiger partial charge in [-0.15, -0.1) is 0 Å². The van der Waals surface area contributed by atoms with Crippen LogP contribution in [0.15, 0.2) is 23.1 Å². The van der Waals surface area contributed by atoms with E-state index in [4.69, 9.17) is 0 Å². The molecule has 1 unspecified atom stereocenters. The van der Waals surface area contributed by atoms with Crippen LogP contribution in [0.3, 0.4) is 0 Å². The van der Waals surface area contributed by atoms with Gasteiger partial charge in [0.15, 0.2) is 0 Å². The molecule has 0 aromatic heterocycles. The van der Waals surface area contributed by atoms with Crippen LogP contribution in [0.2, 0.25) is 0 Å². The van der Waals surface area contributed by atoms with Gasteiger partial charge >= 0.3 is 0 Å². The lowest BCUT2D eigenvalue weighted by Gasteiger charge is -2.24. The zero-order chi connectivity index (χ0) is 20.0. The maximum absolute atomic E-state index is 12.9. The molecule has 0 aliphatic carbocycles. The molecule has 0 saturated carbocycles. The van der Waals surface area contributed by atoms with Crippen LogP contribution >= 0.6 is 0 Å². The number of anilines is 2. The first-order chi connectivity index (χ1) is 12.8. The second-order valence-electron chi connectivity index (χ2n) is 6.91. The summed E-state index contributed by atoms with van der Waals surface area (Å²) in [6.45, 7) is 8.69. The molecule has 0 bridgehead atoms. The number of hydrogen-bond donors (Lipinski definition) is 2. The Kier molecular flexibility index (Phi) is 7.64. The predicted molar refractivity (Wildman–Crippen MR) is 110 cm³/mol. The van der Waals surface area contributed by atoms with E-state index in [-0.39, 0.29) is 16.7 Å². The van der Waals surface area contributed by atoms with Crippen molar-refractivity contribution >= 4 is 27.3 Å². The molecule has 8 heteroatoms. The fourth-order valence-corrected chi connectivity index (χ4v) is 4.86. The van der Waals surface area contributed by atoms with Crippen LogP contribution in [-0.4, -0.2) is 58.4 Å². The van der Waals surface area contributed by atoms with Gasteiger partial charge in [0.05, 0.1) is 16.3 Å². The summed E-state index contributed by atoms with van der Waals surface area (Å²) < 4.78 is 27.2. The van der Waals surface area contributed by atoms with Crippen molar-refractivity contribution in [3.8, 4) is 0 Å². The van der Waals surface area contributed by atoms with Gasteiger partial charge < -0.3 is 15.5 Å². The second kappa shape index (κ2) is 9.52. The minimum atomic E-state index is -3.58. The summed E-state index contributed by atoms with van der Waals surface area (Å²) in [4.78, 5) is 15.0. The van der Waals surface area contributed by atoms with Crippen LogP contribution in [0, 0.1) is 5.92 Å². The molecule has 1 aliphatic heterocycles. The standard InChI is InChI=1S/C19H32N4O3S/c1-5-23(6-2)27(25,26)16-9-10-18(22-11-7-8-12-22)17(13-16)21-19(24)15(3)14-20-4/h9-10,13,15,20H,5-8,11-12,14H2,1-4H3,(H,21,24). The summed E-state index contributed by atoms with van der Waals surface area (Å²) in [5.74, 6) is -0.341. The van der Waals surface area contributed by atoms with E-state index in [1.54, 1.807) is 19.2 Å². The molecule has 1 saturated heterocycles. The van der Waals surface area contributed by atoms with Crippen molar-refractivity contribution in [1.29, 1.82) is 0 Å². The van der Waals surface area contributed by atoms with Crippen molar-refractivity contribution in [2.24, 2.45) is 5.92 Å². The van der Waals surface area contributed by atoms with Gasteiger partial charge in [-0.2, -0.15) is 4.31 Å². The number of carbonyl (C=O) groups excluding carboxylic acids is 1. The molecule has 0 radical (unpaired) electrons. The molecule has 0 spiro atoms. The molecule has 1 fully saturated rings. The summed E-state index contributed by atoms with van der Waals surface area (Å²) >= 11 is 0. The summed E-state index contributed by atoms with van der Waals surface area (Å²) in [7, 11) is -1.78. The first kappa shape index (κ1) is 21.7. The molecule has 2 N–H and O–H groups in total. The third kappa shape index (κ3) is 5.00. The Bertz CT molecular complexity index is 741. The van der Waals surface area contributed by atoms with E-state index in [9.17, 15) is 13.2 Å².